The van der Waals surface area contributed by atoms with Crippen molar-refractivity contribution in [3.05, 3.63) is 50.9 Å². The van der Waals surface area contributed by atoms with Gasteiger partial charge in [-0.2, -0.15) is 0 Å². The molecule has 1 aromatic heterocycles. The Hall–Kier alpha value is -1.06. The predicted octanol–water partition coefficient (Wildman–Crippen LogP) is 5.02. The second kappa shape index (κ2) is 5.07. The number of hydrogen-bond acceptors (Lipinski definition) is 2. The highest BCUT2D eigenvalue weighted by atomic mass is 35.5. The number of rotatable bonds is 3. The van der Waals surface area contributed by atoms with Crippen LogP contribution in [0.4, 0.5) is 10.1 Å². The molecule has 0 saturated heterocycles. The standard InChI is InChI=1S/C13H13ClFNS/c1-8-3-4-17-13(8)9(2)16-12-6-10(14)5-11(15)7-12/h3-7,9,16H,1-2H3. The lowest BCUT2D eigenvalue weighted by Gasteiger charge is -2.15. The van der Waals surface area contributed by atoms with Gasteiger partial charge in [-0.25, -0.2) is 4.39 Å². The summed E-state index contributed by atoms with van der Waals surface area (Å²) < 4.78 is 13.2. The van der Waals surface area contributed by atoms with Crippen molar-refractivity contribution >= 4 is 28.6 Å². The van der Waals surface area contributed by atoms with Crippen LogP contribution in [-0.4, -0.2) is 0 Å². The Morgan fingerprint density at radius 3 is 2.71 bits per heavy atom. The van der Waals surface area contributed by atoms with E-state index in [9.17, 15) is 4.39 Å². The fourth-order valence-corrected chi connectivity index (χ4v) is 2.94. The van der Waals surface area contributed by atoms with Crippen molar-refractivity contribution < 1.29 is 4.39 Å². The number of nitrogens with one attached hydrogen (secondary N) is 1. The zero-order valence-corrected chi connectivity index (χ0v) is 11.2. The first kappa shape index (κ1) is 12.4. The second-order valence-corrected chi connectivity index (χ2v) is 5.38. The van der Waals surface area contributed by atoms with Crippen molar-refractivity contribution in [2.24, 2.45) is 0 Å². The normalized spacial score (nSPS) is 12.5. The molecule has 0 bridgehead atoms. The first-order valence-corrected chi connectivity index (χ1v) is 6.58. The van der Waals surface area contributed by atoms with E-state index < -0.39 is 0 Å². The molecule has 0 aliphatic heterocycles. The topological polar surface area (TPSA) is 12.0 Å². The van der Waals surface area contributed by atoms with Gasteiger partial charge in [0.05, 0.1) is 6.04 Å². The highest BCUT2D eigenvalue weighted by Crippen LogP contribution is 2.28. The summed E-state index contributed by atoms with van der Waals surface area (Å²) in [6.07, 6.45) is 0. The Kier molecular flexibility index (Phi) is 3.69. The first-order valence-electron chi connectivity index (χ1n) is 5.33. The Bertz CT molecular complexity index is 504. The van der Waals surface area contributed by atoms with E-state index in [2.05, 4.69) is 30.6 Å². The lowest BCUT2D eigenvalue weighted by Crippen LogP contribution is -2.06. The van der Waals surface area contributed by atoms with Crippen molar-refractivity contribution in [3.8, 4) is 0 Å². The molecule has 1 nitrogen and oxygen atoms in total. The van der Waals surface area contributed by atoms with Crippen LogP contribution in [0.3, 0.4) is 0 Å². The highest BCUT2D eigenvalue weighted by Gasteiger charge is 2.10. The average Bonchev–Trinajstić information content (AvgIpc) is 2.62. The van der Waals surface area contributed by atoms with Gasteiger partial charge in [0.25, 0.3) is 0 Å². The van der Waals surface area contributed by atoms with Gasteiger partial charge in [-0.05, 0) is 49.1 Å². The predicted molar refractivity (Wildman–Crippen MR) is 72.5 cm³/mol. The van der Waals surface area contributed by atoms with Gasteiger partial charge in [-0.15, -0.1) is 11.3 Å². The maximum Gasteiger partial charge on any atom is 0.126 e. The van der Waals surface area contributed by atoms with Crippen molar-refractivity contribution in [2.75, 3.05) is 5.32 Å². The molecule has 0 radical (unpaired) electrons. The molecule has 2 rings (SSSR count). The van der Waals surface area contributed by atoms with Gasteiger partial charge in [-0.3, -0.25) is 0 Å². The molecule has 90 valence electrons. The van der Waals surface area contributed by atoms with Crippen molar-refractivity contribution in [2.45, 2.75) is 19.9 Å². The number of halogens is 2. The first-order chi connectivity index (χ1) is 8.06. The van der Waals surface area contributed by atoms with Crippen LogP contribution in [0, 0.1) is 12.7 Å². The van der Waals surface area contributed by atoms with Gasteiger partial charge in [0.2, 0.25) is 0 Å². The molecule has 4 heteroatoms. The molecular formula is C13H13ClFNS. The molecule has 0 saturated carbocycles. The van der Waals surface area contributed by atoms with Gasteiger partial charge in [-0.1, -0.05) is 11.6 Å². The molecule has 1 heterocycles. The minimum atomic E-state index is -0.324. The largest absolute Gasteiger partial charge is 0.378 e. The van der Waals surface area contributed by atoms with Crippen molar-refractivity contribution in [3.63, 3.8) is 0 Å². The number of hydrogen-bond donors (Lipinski definition) is 1. The maximum atomic E-state index is 13.2. The smallest absolute Gasteiger partial charge is 0.126 e. The summed E-state index contributed by atoms with van der Waals surface area (Å²) in [6.45, 7) is 4.13. The summed E-state index contributed by atoms with van der Waals surface area (Å²) in [5, 5.41) is 5.71. The quantitative estimate of drug-likeness (QED) is 0.825. The minimum absolute atomic E-state index is 0.146. The zero-order chi connectivity index (χ0) is 12.4. The molecule has 17 heavy (non-hydrogen) atoms. The Balaban J connectivity index is 2.18. The van der Waals surface area contributed by atoms with E-state index in [-0.39, 0.29) is 11.9 Å². The summed E-state index contributed by atoms with van der Waals surface area (Å²) >= 11 is 7.51. The second-order valence-electron chi connectivity index (χ2n) is 3.99. The van der Waals surface area contributed by atoms with E-state index in [1.807, 2.05) is 0 Å². The van der Waals surface area contributed by atoms with Crippen LogP contribution in [0.1, 0.15) is 23.4 Å². The van der Waals surface area contributed by atoms with Gasteiger partial charge in [0, 0.05) is 15.6 Å². The number of thiophene rings is 1. The Morgan fingerprint density at radius 1 is 1.35 bits per heavy atom. The van der Waals surface area contributed by atoms with Crippen molar-refractivity contribution in [1.29, 1.82) is 0 Å². The summed E-state index contributed by atoms with van der Waals surface area (Å²) in [5.41, 5.74) is 1.95. The lowest BCUT2D eigenvalue weighted by atomic mass is 10.2. The van der Waals surface area contributed by atoms with E-state index in [0.29, 0.717) is 10.7 Å². The van der Waals surface area contributed by atoms with Gasteiger partial charge < -0.3 is 5.32 Å². The van der Waals surface area contributed by atoms with E-state index in [0.717, 1.165) is 0 Å². The molecule has 2 aromatic rings. The molecule has 0 aliphatic carbocycles. The van der Waals surface area contributed by atoms with E-state index in [4.69, 9.17) is 11.6 Å². The number of aryl methyl sites for hydroxylation is 1. The Labute approximate surface area is 109 Å². The van der Waals surface area contributed by atoms with Crippen molar-refractivity contribution in [1.82, 2.24) is 0 Å². The SMILES string of the molecule is Cc1ccsc1C(C)Nc1cc(F)cc(Cl)c1. The monoisotopic (exact) mass is 269 g/mol. The van der Waals surface area contributed by atoms with Crippen LogP contribution in [0.5, 0.6) is 0 Å². The van der Waals surface area contributed by atoms with E-state index >= 15 is 0 Å². The summed E-state index contributed by atoms with van der Waals surface area (Å²) in [5.74, 6) is -0.324. The molecule has 0 fully saturated rings. The molecule has 0 amide bonds. The van der Waals surface area contributed by atoms with Crippen LogP contribution < -0.4 is 5.32 Å². The van der Waals surface area contributed by atoms with Gasteiger partial charge in [0.1, 0.15) is 5.82 Å². The van der Waals surface area contributed by atoms with Gasteiger partial charge >= 0.3 is 0 Å². The van der Waals surface area contributed by atoms with Crippen LogP contribution >= 0.6 is 22.9 Å². The summed E-state index contributed by atoms with van der Waals surface area (Å²) in [6, 6.07) is 6.70. The third-order valence-electron chi connectivity index (χ3n) is 2.54. The van der Waals surface area contributed by atoms with E-state index in [1.165, 1.54) is 22.6 Å². The van der Waals surface area contributed by atoms with Crippen LogP contribution in [0.25, 0.3) is 0 Å². The lowest BCUT2D eigenvalue weighted by molar-refractivity contribution is 0.628. The third-order valence-corrected chi connectivity index (χ3v) is 3.96. The van der Waals surface area contributed by atoms with Crippen LogP contribution in [0.15, 0.2) is 29.6 Å². The molecule has 1 aromatic carbocycles. The average molecular weight is 270 g/mol. The summed E-state index contributed by atoms with van der Waals surface area (Å²) in [4.78, 5) is 1.25. The fourth-order valence-electron chi connectivity index (χ4n) is 1.78. The molecular weight excluding hydrogens is 257 g/mol. The molecule has 1 atom stereocenters. The van der Waals surface area contributed by atoms with Crippen LogP contribution in [-0.2, 0) is 0 Å². The highest BCUT2D eigenvalue weighted by molar-refractivity contribution is 7.10. The number of benzene rings is 1. The maximum absolute atomic E-state index is 13.2. The zero-order valence-electron chi connectivity index (χ0n) is 9.63. The third kappa shape index (κ3) is 2.99. The van der Waals surface area contributed by atoms with Gasteiger partial charge in [0.15, 0.2) is 0 Å². The molecule has 1 N–H and O–H groups in total. The fraction of sp³-hybridized carbons (Fsp3) is 0.231. The van der Waals surface area contributed by atoms with E-state index in [1.54, 1.807) is 17.4 Å². The summed E-state index contributed by atoms with van der Waals surface area (Å²) in [7, 11) is 0. The van der Waals surface area contributed by atoms with Crippen LogP contribution in [0.2, 0.25) is 5.02 Å². The molecule has 0 spiro atoms. The number of anilines is 1. The minimum Gasteiger partial charge on any atom is -0.378 e. The molecule has 0 aliphatic rings. The Morgan fingerprint density at radius 2 is 2.12 bits per heavy atom. The molecule has 1 unspecified atom stereocenters.